The highest BCUT2D eigenvalue weighted by Crippen LogP contribution is 2.36. The molecule has 0 aliphatic carbocycles. The van der Waals surface area contributed by atoms with Crippen LogP contribution in [0, 0.1) is 0 Å². The van der Waals surface area contributed by atoms with Crippen LogP contribution in [0.1, 0.15) is 5.69 Å². The van der Waals surface area contributed by atoms with Crippen molar-refractivity contribution >= 4 is 34.6 Å². The lowest BCUT2D eigenvalue weighted by molar-refractivity contribution is 0.169. The van der Waals surface area contributed by atoms with E-state index in [1.54, 1.807) is 6.20 Å². The van der Waals surface area contributed by atoms with E-state index in [2.05, 4.69) is 24.9 Å². The smallest absolute Gasteiger partial charge is 0.364 e. The lowest BCUT2D eigenvalue weighted by Gasteiger charge is -2.15. The van der Waals surface area contributed by atoms with E-state index >= 15 is 0 Å². The summed E-state index contributed by atoms with van der Waals surface area (Å²) in [6.45, 7) is 0.367. The summed E-state index contributed by atoms with van der Waals surface area (Å²) in [5.74, 6) is 0.674. The van der Waals surface area contributed by atoms with Gasteiger partial charge in [-0.2, -0.15) is 4.62 Å². The molecule has 14 heteroatoms. The molecular weight excluding hydrogens is 543 g/mol. The van der Waals surface area contributed by atoms with E-state index < -0.39 is 22.7 Å². The summed E-state index contributed by atoms with van der Waals surface area (Å²) in [6, 6.07) is 22.2. The Morgan fingerprint density at radius 1 is 0.897 bits per heavy atom. The van der Waals surface area contributed by atoms with Crippen molar-refractivity contribution in [2.45, 2.75) is 11.4 Å². The molecule has 5 rings (SSSR count). The van der Waals surface area contributed by atoms with Gasteiger partial charge in [0.15, 0.2) is 5.82 Å². The van der Waals surface area contributed by atoms with E-state index in [9.17, 15) is 13.0 Å². The SMILES string of the molecule is O=P(O)(O)ONS(=O)(=O)c1cncc(-c2nc(NCc3ccccn3)c3c(-c4ccccc4)cccc3n2)c1. The molecule has 0 radical (unpaired) electrons. The predicted molar refractivity (Wildman–Crippen MR) is 143 cm³/mol. The number of benzene rings is 2. The fourth-order valence-corrected chi connectivity index (χ4v) is 5.17. The first-order chi connectivity index (χ1) is 18.7. The molecule has 2 aromatic carbocycles. The van der Waals surface area contributed by atoms with Gasteiger partial charge in [-0.15, -0.1) is 0 Å². The van der Waals surface area contributed by atoms with Gasteiger partial charge in [-0.3, -0.25) is 9.97 Å². The number of pyridine rings is 2. The summed E-state index contributed by atoms with van der Waals surface area (Å²) in [6.07, 6.45) is 4.08. The highest BCUT2D eigenvalue weighted by Gasteiger charge is 2.23. The number of phosphoric acid groups is 1. The van der Waals surface area contributed by atoms with Crippen molar-refractivity contribution in [3.63, 3.8) is 0 Å². The van der Waals surface area contributed by atoms with Gasteiger partial charge in [-0.05, 0) is 35.4 Å². The van der Waals surface area contributed by atoms with E-state index in [0.29, 0.717) is 17.9 Å². The second-order valence-corrected chi connectivity index (χ2v) is 11.0. The Balaban J connectivity index is 1.61. The summed E-state index contributed by atoms with van der Waals surface area (Å²) >= 11 is 0. The number of rotatable bonds is 9. The fraction of sp³-hybridized carbons (Fsp3) is 0.0400. The van der Waals surface area contributed by atoms with E-state index in [0.717, 1.165) is 28.4 Å². The lowest BCUT2D eigenvalue weighted by atomic mass is 10.0. The first-order valence-electron chi connectivity index (χ1n) is 11.4. The Labute approximate surface area is 223 Å². The summed E-state index contributed by atoms with van der Waals surface area (Å²) in [5, 5.41) is 4.10. The van der Waals surface area contributed by atoms with Gasteiger partial charge >= 0.3 is 7.82 Å². The van der Waals surface area contributed by atoms with Gasteiger partial charge in [-0.25, -0.2) is 23.0 Å². The van der Waals surface area contributed by atoms with Gasteiger partial charge in [0.25, 0.3) is 10.0 Å². The van der Waals surface area contributed by atoms with Crippen molar-refractivity contribution in [1.29, 1.82) is 0 Å². The summed E-state index contributed by atoms with van der Waals surface area (Å²) < 4.78 is 40.0. The first kappa shape index (κ1) is 26.5. The molecular formula is C25H21N6O6PS. The first-order valence-corrected chi connectivity index (χ1v) is 14.4. The number of aromatic nitrogens is 4. The number of anilines is 1. The van der Waals surface area contributed by atoms with E-state index in [1.807, 2.05) is 66.7 Å². The molecule has 3 heterocycles. The number of hydrogen-bond acceptors (Lipinski definition) is 9. The molecule has 0 aliphatic rings. The van der Waals surface area contributed by atoms with Crippen molar-refractivity contribution in [3.05, 3.63) is 97.1 Å². The van der Waals surface area contributed by atoms with Crippen molar-refractivity contribution < 1.29 is 27.4 Å². The minimum Gasteiger partial charge on any atom is -0.364 e. The Hall–Kier alpha value is -4.10. The second-order valence-electron chi connectivity index (χ2n) is 8.21. The molecule has 0 spiro atoms. The Morgan fingerprint density at radius 3 is 2.44 bits per heavy atom. The van der Waals surface area contributed by atoms with Crippen molar-refractivity contribution in [1.82, 2.24) is 24.8 Å². The molecule has 0 unspecified atom stereocenters. The maximum Gasteiger partial charge on any atom is 0.487 e. The number of nitrogens with zero attached hydrogens (tertiary/aromatic N) is 4. The van der Waals surface area contributed by atoms with Crippen LogP contribution in [0.25, 0.3) is 33.4 Å². The third-order valence-electron chi connectivity index (χ3n) is 5.52. The zero-order chi connectivity index (χ0) is 27.5. The van der Waals surface area contributed by atoms with Crippen molar-refractivity contribution in [2.75, 3.05) is 5.32 Å². The second kappa shape index (κ2) is 10.9. The van der Waals surface area contributed by atoms with Crippen LogP contribution >= 0.6 is 7.82 Å². The predicted octanol–water partition coefficient (Wildman–Crippen LogP) is 3.67. The largest absolute Gasteiger partial charge is 0.487 e. The molecule has 4 N–H and O–H groups in total. The monoisotopic (exact) mass is 564 g/mol. The van der Waals surface area contributed by atoms with E-state index in [1.165, 1.54) is 17.1 Å². The van der Waals surface area contributed by atoms with Gasteiger partial charge in [0, 0.05) is 24.2 Å². The molecule has 3 aromatic heterocycles. The molecule has 12 nitrogen and oxygen atoms in total. The molecule has 0 saturated carbocycles. The van der Waals surface area contributed by atoms with Crippen LogP contribution in [0.4, 0.5) is 5.82 Å². The van der Waals surface area contributed by atoms with Crippen LogP contribution in [0.15, 0.2) is 96.3 Å². The molecule has 198 valence electrons. The molecule has 0 saturated heterocycles. The Morgan fingerprint density at radius 2 is 1.69 bits per heavy atom. The lowest BCUT2D eigenvalue weighted by Crippen LogP contribution is -2.23. The summed E-state index contributed by atoms with van der Waals surface area (Å²) in [7, 11) is -9.57. The van der Waals surface area contributed by atoms with Crippen LogP contribution in [0.5, 0.6) is 0 Å². The zero-order valence-corrected chi connectivity index (χ0v) is 21.8. The topological polar surface area (TPSA) is 177 Å². The molecule has 5 aromatic rings. The molecule has 0 aliphatic heterocycles. The van der Waals surface area contributed by atoms with Crippen LogP contribution in [0.2, 0.25) is 0 Å². The summed E-state index contributed by atoms with van der Waals surface area (Å²) in [5.41, 5.74) is 3.50. The third-order valence-corrected chi connectivity index (χ3v) is 7.12. The molecule has 0 atom stereocenters. The van der Waals surface area contributed by atoms with Crippen molar-refractivity contribution in [2.24, 2.45) is 0 Å². The van der Waals surface area contributed by atoms with Crippen LogP contribution < -0.4 is 10.2 Å². The highest BCUT2D eigenvalue weighted by atomic mass is 32.2. The Bertz CT molecular complexity index is 1790. The number of fused-ring (bicyclic) bond motifs is 1. The van der Waals surface area contributed by atoms with Gasteiger partial charge in [-0.1, -0.05) is 53.4 Å². The van der Waals surface area contributed by atoms with Gasteiger partial charge < -0.3 is 15.1 Å². The van der Waals surface area contributed by atoms with E-state index in [4.69, 9.17) is 14.8 Å². The minimum atomic E-state index is -5.10. The maximum absolute atomic E-state index is 12.5. The van der Waals surface area contributed by atoms with Gasteiger partial charge in [0.2, 0.25) is 0 Å². The fourth-order valence-electron chi connectivity index (χ4n) is 3.81. The third kappa shape index (κ3) is 6.32. The molecule has 39 heavy (non-hydrogen) atoms. The molecule has 0 fully saturated rings. The average molecular weight is 565 g/mol. The Kier molecular flexibility index (Phi) is 7.44. The van der Waals surface area contributed by atoms with Crippen LogP contribution in [-0.2, 0) is 25.8 Å². The van der Waals surface area contributed by atoms with Gasteiger partial charge in [0.1, 0.15) is 10.7 Å². The highest BCUT2D eigenvalue weighted by molar-refractivity contribution is 7.89. The van der Waals surface area contributed by atoms with Crippen LogP contribution in [0.3, 0.4) is 0 Å². The number of hydrogen-bond donors (Lipinski definition) is 4. The maximum atomic E-state index is 12.5. The quantitative estimate of drug-likeness (QED) is 0.152. The number of sulfonamides is 1. The molecule has 0 amide bonds. The van der Waals surface area contributed by atoms with E-state index in [-0.39, 0.29) is 11.4 Å². The summed E-state index contributed by atoms with van der Waals surface area (Å²) in [4.78, 5) is 36.4. The van der Waals surface area contributed by atoms with Crippen LogP contribution in [-0.4, -0.2) is 38.1 Å². The molecule has 0 bridgehead atoms. The standard InChI is InChI=1S/C25H21N6O6PS/c32-38(33,34)37-31-39(35,36)20-13-18(14-26-16-20)24-29-22-11-6-10-21(17-7-2-1-3-8-17)23(22)25(30-24)28-15-19-9-4-5-12-27-19/h1-14,16,31H,15H2,(H,28,29,30)(H2,32,33,34). The van der Waals surface area contributed by atoms with Gasteiger partial charge in [0.05, 0.1) is 23.1 Å². The average Bonchev–Trinajstić information content (AvgIpc) is 2.95. The number of nitrogens with one attached hydrogen (secondary N) is 2. The zero-order valence-electron chi connectivity index (χ0n) is 20.0. The normalized spacial score (nSPS) is 11.9. The van der Waals surface area contributed by atoms with Crippen molar-refractivity contribution in [3.8, 4) is 22.5 Å². The minimum absolute atomic E-state index is 0.177.